The van der Waals surface area contributed by atoms with E-state index in [-0.39, 0.29) is 0 Å². The molecule has 0 unspecified atom stereocenters. The van der Waals surface area contributed by atoms with Gasteiger partial charge in [-0.05, 0) is 12.1 Å². The topological polar surface area (TPSA) is 52.7 Å². The van der Waals surface area contributed by atoms with Crippen molar-refractivity contribution in [3.8, 4) is 0 Å². The smallest absolute Gasteiger partial charge is 0.135 e. The lowest BCUT2D eigenvalue weighted by atomic mass is 10.2. The molecule has 1 fully saturated rings. The van der Waals surface area contributed by atoms with Crippen molar-refractivity contribution in [2.45, 2.75) is 12.6 Å². The number of hydrogen-bond donors (Lipinski definition) is 1. The molecule has 3 aromatic rings. The number of thiazole rings is 1. The van der Waals surface area contributed by atoms with Crippen molar-refractivity contribution in [2.75, 3.05) is 32.7 Å². The Morgan fingerprint density at radius 2 is 1.96 bits per heavy atom. The highest BCUT2D eigenvalue weighted by molar-refractivity contribution is 7.07. The Bertz CT molecular complexity index is 746. The molecule has 1 aliphatic rings. The molecule has 0 bridgehead atoms. The number of hydrogen-bond acceptors (Lipinski definition) is 6. The number of furan rings is 1. The van der Waals surface area contributed by atoms with Crippen LogP contribution in [0.25, 0.3) is 11.0 Å². The molecule has 3 heterocycles. The molecule has 0 radical (unpaired) electrons. The number of aromatic nitrogens is 1. The third kappa shape index (κ3) is 3.52. The highest BCUT2D eigenvalue weighted by Gasteiger charge is 2.22. The average Bonchev–Trinajstić information content (AvgIpc) is 3.25. The lowest BCUT2D eigenvalue weighted by molar-refractivity contribution is 0.0603. The highest BCUT2D eigenvalue weighted by atomic mass is 32.1. The van der Waals surface area contributed by atoms with Crippen molar-refractivity contribution in [2.24, 2.45) is 0 Å². The first-order chi connectivity index (χ1) is 11.8. The summed E-state index contributed by atoms with van der Waals surface area (Å²) in [5, 5.41) is 13.6. The number of nitrogens with zero attached hydrogens (tertiary/aromatic N) is 3. The second-order valence-corrected chi connectivity index (χ2v) is 6.98. The van der Waals surface area contributed by atoms with E-state index in [0.29, 0.717) is 12.3 Å². The van der Waals surface area contributed by atoms with Crippen LogP contribution in [0.1, 0.15) is 17.6 Å². The SMILES string of the molecule is O[C@H](CN1CCN(Cc2cscn2)CC1)c1cc2ccccc2o1. The van der Waals surface area contributed by atoms with Gasteiger partial charge in [0.15, 0.2) is 0 Å². The molecule has 24 heavy (non-hydrogen) atoms. The van der Waals surface area contributed by atoms with Crippen LogP contribution >= 0.6 is 11.3 Å². The van der Waals surface area contributed by atoms with Gasteiger partial charge >= 0.3 is 0 Å². The van der Waals surface area contributed by atoms with Crippen LogP contribution in [-0.4, -0.2) is 52.6 Å². The van der Waals surface area contributed by atoms with E-state index in [0.717, 1.165) is 49.4 Å². The van der Waals surface area contributed by atoms with Gasteiger partial charge in [0.2, 0.25) is 0 Å². The van der Waals surface area contributed by atoms with E-state index in [9.17, 15) is 5.11 Å². The van der Waals surface area contributed by atoms with E-state index in [1.807, 2.05) is 35.8 Å². The standard InChI is InChI=1S/C18H21N3O2S/c22-16(18-9-14-3-1-2-4-17(14)23-18)11-21-7-5-20(6-8-21)10-15-12-24-13-19-15/h1-4,9,12-13,16,22H,5-8,10-11H2/t16-/m1/s1. The minimum Gasteiger partial charge on any atom is -0.458 e. The Balaban J connectivity index is 1.31. The van der Waals surface area contributed by atoms with Gasteiger partial charge in [-0.2, -0.15) is 0 Å². The molecule has 126 valence electrons. The lowest BCUT2D eigenvalue weighted by Crippen LogP contribution is -2.47. The molecule has 0 amide bonds. The largest absolute Gasteiger partial charge is 0.458 e. The fraction of sp³-hybridized carbons (Fsp3) is 0.389. The Morgan fingerprint density at radius 3 is 2.71 bits per heavy atom. The maximum atomic E-state index is 10.5. The van der Waals surface area contributed by atoms with E-state index >= 15 is 0 Å². The summed E-state index contributed by atoms with van der Waals surface area (Å²) in [7, 11) is 0. The third-order valence-electron chi connectivity index (χ3n) is 4.54. The van der Waals surface area contributed by atoms with Crippen molar-refractivity contribution in [1.29, 1.82) is 0 Å². The van der Waals surface area contributed by atoms with E-state index in [1.165, 1.54) is 0 Å². The van der Waals surface area contributed by atoms with E-state index in [2.05, 4.69) is 20.2 Å². The van der Waals surface area contributed by atoms with Crippen LogP contribution in [-0.2, 0) is 6.54 Å². The Morgan fingerprint density at radius 1 is 1.17 bits per heavy atom. The molecule has 1 N–H and O–H groups in total. The second kappa shape index (κ2) is 7.03. The fourth-order valence-electron chi connectivity index (χ4n) is 3.18. The first-order valence-corrected chi connectivity index (χ1v) is 9.20. The number of piperazine rings is 1. The molecule has 0 spiro atoms. The average molecular weight is 343 g/mol. The summed E-state index contributed by atoms with van der Waals surface area (Å²) in [6.45, 7) is 5.46. The first kappa shape index (κ1) is 15.8. The van der Waals surface area contributed by atoms with Gasteiger partial charge < -0.3 is 9.52 Å². The normalized spacial score (nSPS) is 18.2. The van der Waals surface area contributed by atoms with Gasteiger partial charge in [-0.15, -0.1) is 11.3 Å². The van der Waals surface area contributed by atoms with Crippen LogP contribution in [0.4, 0.5) is 0 Å². The Labute approximate surface area is 145 Å². The number of β-amino-alcohol motifs (C(OH)–C–C–N with tert-alkyl or cyclic N) is 1. The molecular weight excluding hydrogens is 322 g/mol. The van der Waals surface area contributed by atoms with Crippen LogP contribution in [0.3, 0.4) is 0 Å². The van der Waals surface area contributed by atoms with Crippen LogP contribution < -0.4 is 0 Å². The summed E-state index contributed by atoms with van der Waals surface area (Å²) in [5.41, 5.74) is 3.87. The third-order valence-corrected chi connectivity index (χ3v) is 5.17. The molecule has 1 atom stereocenters. The zero-order valence-corrected chi connectivity index (χ0v) is 14.3. The summed E-state index contributed by atoms with van der Waals surface area (Å²) >= 11 is 1.64. The number of fused-ring (bicyclic) bond motifs is 1. The first-order valence-electron chi connectivity index (χ1n) is 8.26. The minimum atomic E-state index is -0.581. The van der Waals surface area contributed by atoms with Crippen LogP contribution in [0.2, 0.25) is 0 Å². The summed E-state index contributed by atoms with van der Waals surface area (Å²) in [5.74, 6) is 0.654. The van der Waals surface area contributed by atoms with Gasteiger partial charge in [0.25, 0.3) is 0 Å². The zero-order valence-electron chi connectivity index (χ0n) is 13.5. The van der Waals surface area contributed by atoms with Crippen LogP contribution in [0, 0.1) is 0 Å². The minimum absolute atomic E-state index is 0.581. The van der Waals surface area contributed by atoms with Crippen LogP contribution in [0.15, 0.2) is 45.6 Å². The Hall–Kier alpha value is -1.73. The highest BCUT2D eigenvalue weighted by Crippen LogP contribution is 2.24. The van der Waals surface area contributed by atoms with Gasteiger partial charge in [-0.3, -0.25) is 9.80 Å². The van der Waals surface area contributed by atoms with Gasteiger partial charge in [0.1, 0.15) is 17.4 Å². The molecule has 1 aromatic carbocycles. The second-order valence-electron chi connectivity index (χ2n) is 6.26. The molecule has 0 aliphatic carbocycles. The molecule has 4 rings (SSSR count). The summed E-state index contributed by atoms with van der Waals surface area (Å²) in [4.78, 5) is 9.07. The number of benzene rings is 1. The summed E-state index contributed by atoms with van der Waals surface area (Å²) in [6.07, 6.45) is -0.581. The van der Waals surface area contributed by atoms with Gasteiger partial charge in [0.05, 0.1) is 11.2 Å². The van der Waals surface area contributed by atoms with Crippen LogP contribution in [0.5, 0.6) is 0 Å². The maximum absolute atomic E-state index is 10.5. The maximum Gasteiger partial charge on any atom is 0.135 e. The molecule has 0 saturated carbocycles. The molecule has 1 aliphatic heterocycles. The quantitative estimate of drug-likeness (QED) is 0.772. The van der Waals surface area contributed by atoms with E-state index < -0.39 is 6.10 Å². The molecule has 6 heteroatoms. The van der Waals surface area contributed by atoms with Gasteiger partial charge in [0, 0.05) is 50.0 Å². The predicted octanol–water partition coefficient (Wildman–Crippen LogP) is 2.74. The fourth-order valence-corrected chi connectivity index (χ4v) is 3.73. The lowest BCUT2D eigenvalue weighted by Gasteiger charge is -2.35. The zero-order chi connectivity index (χ0) is 16.4. The predicted molar refractivity (Wildman–Crippen MR) is 95.0 cm³/mol. The number of aliphatic hydroxyl groups excluding tert-OH is 1. The number of rotatable bonds is 5. The monoisotopic (exact) mass is 343 g/mol. The number of aliphatic hydroxyl groups is 1. The Kier molecular flexibility index (Phi) is 4.62. The number of para-hydroxylation sites is 1. The van der Waals surface area contributed by atoms with Crippen molar-refractivity contribution in [3.05, 3.63) is 52.7 Å². The van der Waals surface area contributed by atoms with Crippen molar-refractivity contribution in [1.82, 2.24) is 14.8 Å². The van der Waals surface area contributed by atoms with Crippen molar-refractivity contribution >= 4 is 22.3 Å². The molecule has 1 saturated heterocycles. The van der Waals surface area contributed by atoms with Gasteiger partial charge in [-0.25, -0.2) is 4.98 Å². The molecule has 2 aromatic heterocycles. The van der Waals surface area contributed by atoms with E-state index in [4.69, 9.17) is 4.42 Å². The van der Waals surface area contributed by atoms with Crippen molar-refractivity contribution < 1.29 is 9.52 Å². The van der Waals surface area contributed by atoms with Crippen molar-refractivity contribution in [3.63, 3.8) is 0 Å². The summed E-state index contributed by atoms with van der Waals surface area (Å²) < 4.78 is 5.77. The molecular formula is C18H21N3O2S. The van der Waals surface area contributed by atoms with E-state index in [1.54, 1.807) is 11.3 Å². The summed E-state index contributed by atoms with van der Waals surface area (Å²) in [6, 6.07) is 9.81. The van der Waals surface area contributed by atoms with Gasteiger partial charge in [-0.1, -0.05) is 18.2 Å². The molecule has 5 nitrogen and oxygen atoms in total.